The zero-order chi connectivity index (χ0) is 14.1. The Morgan fingerprint density at radius 1 is 1.06 bits per heavy atom. The summed E-state index contributed by atoms with van der Waals surface area (Å²) in [6, 6.07) is 0. The van der Waals surface area contributed by atoms with Crippen LogP contribution < -0.4 is 0 Å². The van der Waals surface area contributed by atoms with Gasteiger partial charge in [-0.2, -0.15) is 0 Å². The summed E-state index contributed by atoms with van der Waals surface area (Å²) >= 11 is 0. The largest absolute Gasteiger partial charge is 0.486 e. The Bertz CT molecular complexity index is 350. The highest BCUT2D eigenvalue weighted by Gasteiger charge is 2.43. The van der Waals surface area contributed by atoms with Gasteiger partial charge in [-0.1, -0.05) is 54.9 Å². The van der Waals surface area contributed by atoms with Crippen LogP contribution in [0.1, 0.15) is 67.7 Å². The first-order valence-electron chi connectivity index (χ1n) is 7.05. The molecule has 1 heterocycles. The number of ketones is 1. The van der Waals surface area contributed by atoms with E-state index in [0.717, 1.165) is 30.6 Å². The third kappa shape index (κ3) is 3.15. The second kappa shape index (κ2) is 5.07. The van der Waals surface area contributed by atoms with Crippen LogP contribution in [0.4, 0.5) is 0 Å². The molecule has 0 saturated carbocycles. The van der Waals surface area contributed by atoms with E-state index in [1.807, 2.05) is 0 Å². The highest BCUT2D eigenvalue weighted by Crippen LogP contribution is 2.43. The molecule has 104 valence electrons. The molecule has 0 aromatic rings. The third-order valence-corrected chi connectivity index (χ3v) is 3.28. The molecule has 2 heteroatoms. The monoisotopic (exact) mass is 252 g/mol. The molecule has 0 saturated heterocycles. The zero-order valence-corrected chi connectivity index (χ0v) is 13.0. The van der Waals surface area contributed by atoms with Gasteiger partial charge >= 0.3 is 0 Å². The molecule has 1 aliphatic heterocycles. The summed E-state index contributed by atoms with van der Waals surface area (Å²) in [7, 11) is 0. The molecule has 0 spiro atoms. The molecule has 2 nitrogen and oxygen atoms in total. The summed E-state index contributed by atoms with van der Waals surface area (Å²) in [6.07, 6.45) is 2.75. The number of ether oxygens (including phenoxy) is 1. The number of carbonyl (C=O) groups excluding carboxylic acids is 1. The van der Waals surface area contributed by atoms with E-state index in [2.05, 4.69) is 48.5 Å². The quantitative estimate of drug-likeness (QED) is 0.739. The number of carbonyl (C=O) groups is 1. The van der Waals surface area contributed by atoms with Gasteiger partial charge in [0.1, 0.15) is 5.76 Å². The van der Waals surface area contributed by atoms with Crippen LogP contribution in [0.2, 0.25) is 0 Å². The van der Waals surface area contributed by atoms with Gasteiger partial charge in [0.25, 0.3) is 0 Å². The number of allylic oxidation sites excluding steroid dienone is 1. The van der Waals surface area contributed by atoms with Crippen LogP contribution in [-0.2, 0) is 9.53 Å². The lowest BCUT2D eigenvalue weighted by molar-refractivity contribution is -0.122. The number of Topliss-reactive ketones (excluding diaryl/α,β-unsaturated/α-hetero) is 1. The minimum absolute atomic E-state index is 0.0980. The molecule has 0 aliphatic carbocycles. The maximum atomic E-state index is 12.5. The third-order valence-electron chi connectivity index (χ3n) is 3.28. The molecule has 1 unspecified atom stereocenters. The van der Waals surface area contributed by atoms with E-state index < -0.39 is 0 Å². The van der Waals surface area contributed by atoms with Gasteiger partial charge in [-0.15, -0.1) is 0 Å². The Balaban J connectivity index is 3.07. The van der Waals surface area contributed by atoms with Crippen molar-refractivity contribution in [3.63, 3.8) is 0 Å². The van der Waals surface area contributed by atoms with Crippen molar-refractivity contribution in [1.82, 2.24) is 0 Å². The molecule has 0 N–H and O–H groups in total. The topological polar surface area (TPSA) is 26.3 Å². The van der Waals surface area contributed by atoms with Crippen LogP contribution in [-0.4, -0.2) is 11.9 Å². The smallest absolute Gasteiger partial charge is 0.203 e. The number of hydrogen-bond acceptors (Lipinski definition) is 2. The van der Waals surface area contributed by atoms with Gasteiger partial charge < -0.3 is 4.74 Å². The molecule has 0 fully saturated rings. The Hall–Kier alpha value is -0.790. The summed E-state index contributed by atoms with van der Waals surface area (Å²) in [5, 5.41) is 0. The minimum atomic E-state index is -0.242. The fourth-order valence-electron chi connectivity index (χ4n) is 2.37. The van der Waals surface area contributed by atoms with Crippen molar-refractivity contribution in [3.8, 4) is 0 Å². The molecule has 0 aromatic heterocycles. The SMILES string of the molecule is CCCCC1OC(C(C)(C)C)=C(C(C)(C)C)C1=O. The van der Waals surface area contributed by atoms with Crippen molar-refractivity contribution in [2.24, 2.45) is 10.8 Å². The lowest BCUT2D eigenvalue weighted by atomic mass is 9.78. The zero-order valence-electron chi connectivity index (χ0n) is 13.0. The first kappa shape index (κ1) is 15.3. The molecule has 18 heavy (non-hydrogen) atoms. The van der Waals surface area contributed by atoms with Crippen LogP contribution in [0, 0.1) is 10.8 Å². The average molecular weight is 252 g/mol. The second-order valence-corrected chi connectivity index (χ2v) is 7.32. The Morgan fingerprint density at radius 2 is 1.61 bits per heavy atom. The minimum Gasteiger partial charge on any atom is -0.486 e. The van der Waals surface area contributed by atoms with Crippen molar-refractivity contribution < 1.29 is 9.53 Å². The van der Waals surface area contributed by atoms with Crippen molar-refractivity contribution in [3.05, 3.63) is 11.3 Å². The van der Waals surface area contributed by atoms with Crippen LogP contribution in [0.5, 0.6) is 0 Å². The Kier molecular flexibility index (Phi) is 4.30. The molecule has 0 bridgehead atoms. The second-order valence-electron chi connectivity index (χ2n) is 7.32. The fourth-order valence-corrected chi connectivity index (χ4v) is 2.37. The van der Waals surface area contributed by atoms with Crippen LogP contribution in [0.3, 0.4) is 0 Å². The molecule has 1 atom stereocenters. The van der Waals surface area contributed by atoms with Crippen LogP contribution >= 0.6 is 0 Å². The van der Waals surface area contributed by atoms with E-state index in [0.29, 0.717) is 0 Å². The van der Waals surface area contributed by atoms with Crippen molar-refractivity contribution in [2.45, 2.75) is 73.8 Å². The van der Waals surface area contributed by atoms with Crippen molar-refractivity contribution >= 4 is 5.78 Å². The first-order chi connectivity index (χ1) is 8.09. The summed E-state index contributed by atoms with van der Waals surface area (Å²) in [4.78, 5) is 12.5. The van der Waals surface area contributed by atoms with E-state index in [1.54, 1.807) is 0 Å². The summed E-state index contributed by atoms with van der Waals surface area (Å²) in [5.74, 6) is 1.11. The lowest BCUT2D eigenvalue weighted by Gasteiger charge is -2.26. The molecule has 1 rings (SSSR count). The van der Waals surface area contributed by atoms with E-state index in [9.17, 15) is 4.79 Å². The number of rotatable bonds is 3. The Morgan fingerprint density at radius 3 is 1.94 bits per heavy atom. The van der Waals surface area contributed by atoms with Gasteiger partial charge in [0, 0.05) is 11.0 Å². The molecule has 0 amide bonds. The predicted molar refractivity (Wildman–Crippen MR) is 75.3 cm³/mol. The van der Waals surface area contributed by atoms with E-state index in [4.69, 9.17) is 4.74 Å². The average Bonchev–Trinajstić information content (AvgIpc) is 2.51. The maximum absolute atomic E-state index is 12.5. The number of unbranched alkanes of at least 4 members (excludes halogenated alkanes) is 1. The van der Waals surface area contributed by atoms with E-state index in [1.165, 1.54) is 0 Å². The highest BCUT2D eigenvalue weighted by atomic mass is 16.5. The predicted octanol–water partition coefficient (Wildman–Crippen LogP) is 4.49. The van der Waals surface area contributed by atoms with E-state index in [-0.39, 0.29) is 22.7 Å². The van der Waals surface area contributed by atoms with Gasteiger partial charge in [0.15, 0.2) is 6.10 Å². The lowest BCUT2D eigenvalue weighted by Crippen LogP contribution is -2.24. The molecule has 0 aromatic carbocycles. The highest BCUT2D eigenvalue weighted by molar-refractivity contribution is 6.02. The standard InChI is InChI=1S/C16H28O2/c1-8-9-10-11-13(17)12(15(2,3)4)14(18-11)16(5,6)7/h11H,8-10H2,1-7H3. The van der Waals surface area contributed by atoms with Crippen LogP contribution in [0.25, 0.3) is 0 Å². The van der Waals surface area contributed by atoms with Gasteiger partial charge in [0.2, 0.25) is 5.78 Å². The van der Waals surface area contributed by atoms with Gasteiger partial charge in [-0.05, 0) is 18.3 Å². The Labute approximate surface area is 112 Å². The molecule has 1 aliphatic rings. The van der Waals surface area contributed by atoms with Crippen LogP contribution in [0.15, 0.2) is 11.3 Å². The maximum Gasteiger partial charge on any atom is 0.203 e. The normalized spacial score (nSPS) is 21.5. The molecule has 0 radical (unpaired) electrons. The van der Waals surface area contributed by atoms with Gasteiger partial charge in [-0.25, -0.2) is 0 Å². The molecular weight excluding hydrogens is 224 g/mol. The summed E-state index contributed by atoms with van der Waals surface area (Å²) in [6.45, 7) is 14.8. The fraction of sp³-hybridized carbons (Fsp3) is 0.812. The summed E-state index contributed by atoms with van der Waals surface area (Å²) in [5.41, 5.74) is 0.663. The van der Waals surface area contributed by atoms with Crippen molar-refractivity contribution in [2.75, 3.05) is 0 Å². The molecular formula is C16H28O2. The summed E-state index contributed by atoms with van der Waals surface area (Å²) < 4.78 is 6.01. The van der Waals surface area contributed by atoms with Gasteiger partial charge in [0.05, 0.1) is 0 Å². The van der Waals surface area contributed by atoms with E-state index >= 15 is 0 Å². The van der Waals surface area contributed by atoms with Gasteiger partial charge in [-0.3, -0.25) is 4.79 Å². The number of hydrogen-bond donors (Lipinski definition) is 0. The first-order valence-corrected chi connectivity index (χ1v) is 7.05. The van der Waals surface area contributed by atoms with Crippen molar-refractivity contribution in [1.29, 1.82) is 0 Å².